The third-order valence-corrected chi connectivity index (χ3v) is 5.58. The first kappa shape index (κ1) is 19.5. The molecule has 0 bridgehead atoms. The quantitative estimate of drug-likeness (QED) is 0.609. The largest absolute Gasteiger partial charge is 0.493 e. The third-order valence-electron chi connectivity index (χ3n) is 4.61. The highest BCUT2D eigenvalue weighted by Crippen LogP contribution is 2.33. The van der Waals surface area contributed by atoms with Crippen LogP contribution in [-0.2, 0) is 19.4 Å². The van der Waals surface area contributed by atoms with Crippen LogP contribution in [0.4, 0.5) is 0 Å². The lowest BCUT2D eigenvalue weighted by molar-refractivity contribution is 0.346. The van der Waals surface area contributed by atoms with Gasteiger partial charge in [0.1, 0.15) is 0 Å². The minimum Gasteiger partial charge on any atom is -0.493 e. The Bertz CT molecular complexity index is 803. The number of thiazole rings is 1. The van der Waals surface area contributed by atoms with Gasteiger partial charge in [-0.2, -0.15) is 0 Å². The van der Waals surface area contributed by atoms with Gasteiger partial charge in [-0.15, -0.1) is 11.3 Å². The maximum absolute atomic E-state index is 5.47. The minimum absolute atomic E-state index is 0.741. The van der Waals surface area contributed by atoms with Crippen molar-refractivity contribution >= 4 is 17.3 Å². The highest BCUT2D eigenvalue weighted by atomic mass is 32.1. The van der Waals surface area contributed by atoms with Crippen LogP contribution in [0, 0.1) is 6.92 Å². The second-order valence-corrected chi connectivity index (χ2v) is 7.82. The fourth-order valence-corrected chi connectivity index (χ4v) is 4.04. The number of rotatable bonds is 6. The molecule has 0 spiro atoms. The molecule has 2 aromatic rings. The Morgan fingerprint density at radius 3 is 2.63 bits per heavy atom. The topological polar surface area (TPSA) is 59.0 Å². The Morgan fingerprint density at radius 2 is 2.00 bits per heavy atom. The fraction of sp³-hybridized carbons (Fsp3) is 0.500. The Kier molecular flexibility index (Phi) is 6.55. The van der Waals surface area contributed by atoms with Crippen LogP contribution < -0.4 is 14.8 Å². The summed E-state index contributed by atoms with van der Waals surface area (Å²) < 4.78 is 10.9. The molecule has 0 fully saturated rings. The van der Waals surface area contributed by atoms with Crippen molar-refractivity contribution in [3.8, 4) is 11.5 Å². The van der Waals surface area contributed by atoms with Crippen LogP contribution >= 0.6 is 11.3 Å². The molecular formula is C20H28N4O2S. The average Bonchev–Trinajstić information content (AvgIpc) is 3.10. The molecule has 0 saturated carbocycles. The zero-order valence-corrected chi connectivity index (χ0v) is 17.4. The van der Waals surface area contributed by atoms with E-state index in [1.165, 1.54) is 16.0 Å². The van der Waals surface area contributed by atoms with Crippen molar-refractivity contribution < 1.29 is 9.47 Å². The molecule has 1 aliphatic heterocycles. The van der Waals surface area contributed by atoms with Crippen LogP contribution in [0.2, 0.25) is 0 Å². The number of aliphatic imine (C=N–C) groups is 1. The van der Waals surface area contributed by atoms with Crippen LogP contribution in [0.1, 0.15) is 27.9 Å². The van der Waals surface area contributed by atoms with Gasteiger partial charge in [0, 0.05) is 43.7 Å². The molecule has 3 rings (SSSR count). The maximum atomic E-state index is 5.47. The first-order valence-electron chi connectivity index (χ1n) is 9.33. The summed E-state index contributed by atoms with van der Waals surface area (Å²) in [5.74, 6) is 2.54. The lowest BCUT2D eigenvalue weighted by atomic mass is 9.99. The van der Waals surface area contributed by atoms with Crippen molar-refractivity contribution in [3.05, 3.63) is 39.3 Å². The molecule has 6 nitrogen and oxygen atoms in total. The zero-order valence-electron chi connectivity index (χ0n) is 16.5. The molecule has 0 aliphatic carbocycles. The molecule has 0 amide bonds. The number of guanidine groups is 1. The third kappa shape index (κ3) is 4.71. The summed E-state index contributed by atoms with van der Waals surface area (Å²) in [5, 5.41) is 4.57. The molecule has 0 saturated heterocycles. The summed E-state index contributed by atoms with van der Waals surface area (Å²) in [6.45, 7) is 7.53. The van der Waals surface area contributed by atoms with E-state index in [9.17, 15) is 0 Å². The number of fused-ring (bicyclic) bond motifs is 1. The summed E-state index contributed by atoms with van der Waals surface area (Å²) in [6.07, 6.45) is 3.77. The van der Waals surface area contributed by atoms with E-state index in [0.717, 1.165) is 61.5 Å². The number of hydrogen-bond acceptors (Lipinski definition) is 5. The average molecular weight is 389 g/mol. The molecule has 1 aliphatic rings. The smallest absolute Gasteiger partial charge is 0.194 e. The number of ether oxygens (including phenoxy) is 2. The van der Waals surface area contributed by atoms with Crippen LogP contribution in [0.5, 0.6) is 11.5 Å². The molecule has 2 heterocycles. The van der Waals surface area contributed by atoms with Gasteiger partial charge < -0.3 is 19.7 Å². The second kappa shape index (κ2) is 9.08. The molecular weight excluding hydrogens is 360 g/mol. The van der Waals surface area contributed by atoms with Gasteiger partial charge in [-0.05, 0) is 43.5 Å². The second-order valence-electron chi connectivity index (χ2n) is 6.50. The molecule has 0 atom stereocenters. The molecule has 7 heteroatoms. The maximum Gasteiger partial charge on any atom is 0.194 e. The summed E-state index contributed by atoms with van der Waals surface area (Å²) in [7, 11) is 3.36. The van der Waals surface area contributed by atoms with Gasteiger partial charge in [0.2, 0.25) is 0 Å². The molecule has 146 valence electrons. The number of hydrogen-bond donors (Lipinski definition) is 1. The van der Waals surface area contributed by atoms with Gasteiger partial charge in [0.05, 0.1) is 19.2 Å². The SMILES string of the molecule is CCNC(=NCCc1ncc(C)s1)N1CCc2cc(OC)c(OC)cc2C1. The van der Waals surface area contributed by atoms with Gasteiger partial charge in [-0.1, -0.05) is 0 Å². The van der Waals surface area contributed by atoms with Crippen LogP contribution in [0.15, 0.2) is 23.3 Å². The van der Waals surface area contributed by atoms with E-state index in [1.807, 2.05) is 6.20 Å². The zero-order chi connectivity index (χ0) is 19.2. The van der Waals surface area contributed by atoms with Crippen molar-refractivity contribution in [2.45, 2.75) is 33.2 Å². The van der Waals surface area contributed by atoms with E-state index in [0.29, 0.717) is 0 Å². The summed E-state index contributed by atoms with van der Waals surface area (Å²) in [4.78, 5) is 12.8. The van der Waals surface area contributed by atoms with Crippen molar-refractivity contribution in [1.29, 1.82) is 0 Å². The highest BCUT2D eigenvalue weighted by Gasteiger charge is 2.21. The lowest BCUT2D eigenvalue weighted by Gasteiger charge is -2.32. The molecule has 1 N–H and O–H groups in total. The minimum atomic E-state index is 0.741. The Balaban J connectivity index is 1.72. The molecule has 27 heavy (non-hydrogen) atoms. The number of nitrogens with one attached hydrogen (secondary N) is 1. The molecule has 0 radical (unpaired) electrons. The predicted octanol–water partition coefficient (Wildman–Crippen LogP) is 3.04. The van der Waals surface area contributed by atoms with E-state index in [-0.39, 0.29) is 0 Å². The van der Waals surface area contributed by atoms with E-state index < -0.39 is 0 Å². The van der Waals surface area contributed by atoms with Crippen molar-refractivity contribution in [2.75, 3.05) is 33.9 Å². The fourth-order valence-electron chi connectivity index (χ4n) is 3.26. The Morgan fingerprint density at radius 1 is 1.26 bits per heavy atom. The van der Waals surface area contributed by atoms with E-state index >= 15 is 0 Å². The highest BCUT2D eigenvalue weighted by molar-refractivity contribution is 7.11. The van der Waals surface area contributed by atoms with Gasteiger partial charge in [0.25, 0.3) is 0 Å². The summed E-state index contributed by atoms with van der Waals surface area (Å²) >= 11 is 1.75. The molecule has 1 aromatic heterocycles. The van der Waals surface area contributed by atoms with Crippen molar-refractivity contribution in [1.82, 2.24) is 15.2 Å². The lowest BCUT2D eigenvalue weighted by Crippen LogP contribution is -2.44. The number of aromatic nitrogens is 1. The first-order valence-corrected chi connectivity index (χ1v) is 10.1. The number of nitrogens with zero attached hydrogens (tertiary/aromatic N) is 3. The number of benzene rings is 1. The Hall–Kier alpha value is -2.28. The van der Waals surface area contributed by atoms with E-state index in [2.05, 4.69) is 41.2 Å². The number of aryl methyl sites for hydroxylation is 1. The van der Waals surface area contributed by atoms with Gasteiger partial charge >= 0.3 is 0 Å². The molecule has 0 unspecified atom stereocenters. The van der Waals surface area contributed by atoms with Gasteiger partial charge in [0.15, 0.2) is 17.5 Å². The number of methoxy groups -OCH3 is 2. The van der Waals surface area contributed by atoms with Crippen LogP contribution in [-0.4, -0.2) is 49.7 Å². The van der Waals surface area contributed by atoms with Crippen molar-refractivity contribution in [3.63, 3.8) is 0 Å². The molecule has 1 aromatic carbocycles. The monoisotopic (exact) mass is 388 g/mol. The predicted molar refractivity (Wildman–Crippen MR) is 110 cm³/mol. The summed E-state index contributed by atoms with van der Waals surface area (Å²) in [5.41, 5.74) is 2.58. The van der Waals surface area contributed by atoms with Crippen LogP contribution in [0.3, 0.4) is 0 Å². The normalized spacial score (nSPS) is 14.1. The van der Waals surface area contributed by atoms with Gasteiger partial charge in [-0.3, -0.25) is 4.99 Å². The van der Waals surface area contributed by atoms with E-state index in [1.54, 1.807) is 25.6 Å². The Labute approximate surface area is 165 Å². The van der Waals surface area contributed by atoms with Gasteiger partial charge in [-0.25, -0.2) is 4.98 Å². The summed E-state index contributed by atoms with van der Waals surface area (Å²) in [6, 6.07) is 4.18. The van der Waals surface area contributed by atoms with Crippen LogP contribution in [0.25, 0.3) is 0 Å². The standard InChI is InChI=1S/C20H28N4O2S/c1-5-21-20(22-8-6-19-23-12-14(2)27-19)24-9-7-15-10-17(25-3)18(26-4)11-16(15)13-24/h10-12H,5-9,13H2,1-4H3,(H,21,22). The van der Waals surface area contributed by atoms with E-state index in [4.69, 9.17) is 14.5 Å². The first-order chi connectivity index (χ1) is 13.1. The van der Waals surface area contributed by atoms with Crippen molar-refractivity contribution in [2.24, 2.45) is 4.99 Å².